The third kappa shape index (κ3) is 5.36. The van der Waals surface area contributed by atoms with Crippen molar-refractivity contribution in [1.29, 1.82) is 0 Å². The van der Waals surface area contributed by atoms with Crippen molar-refractivity contribution in [2.45, 2.75) is 44.6 Å². The molecule has 1 heterocycles. The summed E-state index contributed by atoms with van der Waals surface area (Å²) in [6.07, 6.45) is 2.50. The summed E-state index contributed by atoms with van der Waals surface area (Å²) < 4.78 is 0. The zero-order valence-corrected chi connectivity index (χ0v) is 15.5. The third-order valence-electron chi connectivity index (χ3n) is 5.09. The van der Waals surface area contributed by atoms with E-state index in [1.165, 1.54) is 0 Å². The molecule has 1 unspecified atom stereocenters. The lowest BCUT2D eigenvalue weighted by molar-refractivity contribution is -0.144. The number of ketones is 2. The second-order valence-corrected chi connectivity index (χ2v) is 7.03. The van der Waals surface area contributed by atoms with Gasteiger partial charge in [0.1, 0.15) is 5.78 Å². The lowest BCUT2D eigenvalue weighted by atomic mass is 9.93. The summed E-state index contributed by atoms with van der Waals surface area (Å²) in [6.45, 7) is 0.355. The Morgan fingerprint density at radius 3 is 2.00 bits per heavy atom. The van der Waals surface area contributed by atoms with Crippen LogP contribution in [0.15, 0.2) is 60.7 Å². The van der Waals surface area contributed by atoms with Crippen molar-refractivity contribution in [3.8, 4) is 0 Å². The molecule has 0 aromatic heterocycles. The molecule has 2 aromatic rings. The van der Waals surface area contributed by atoms with Crippen LogP contribution in [0.4, 0.5) is 0 Å². The molecule has 1 saturated heterocycles. The lowest BCUT2D eigenvalue weighted by Gasteiger charge is -2.34. The van der Waals surface area contributed by atoms with Gasteiger partial charge >= 0.3 is 0 Å². The Hall–Kier alpha value is -2.75. The van der Waals surface area contributed by atoms with Crippen LogP contribution in [0.2, 0.25) is 0 Å². The van der Waals surface area contributed by atoms with E-state index in [1.54, 1.807) is 4.90 Å². The van der Waals surface area contributed by atoms with Crippen LogP contribution in [0, 0.1) is 0 Å². The number of benzene rings is 2. The molecule has 0 aliphatic carbocycles. The van der Waals surface area contributed by atoms with E-state index in [9.17, 15) is 14.4 Å². The molecule has 3 rings (SSSR count). The van der Waals surface area contributed by atoms with Crippen LogP contribution in [0.5, 0.6) is 0 Å². The van der Waals surface area contributed by atoms with Crippen molar-refractivity contribution >= 4 is 17.5 Å². The number of piperidine rings is 1. The van der Waals surface area contributed by atoms with E-state index in [1.807, 2.05) is 60.7 Å². The lowest BCUT2D eigenvalue weighted by Crippen LogP contribution is -2.50. The normalized spacial score (nSPS) is 17.0. The Balaban J connectivity index is 1.60. The van der Waals surface area contributed by atoms with E-state index in [-0.39, 0.29) is 23.9 Å². The van der Waals surface area contributed by atoms with E-state index >= 15 is 0 Å². The zero-order chi connectivity index (χ0) is 19.1. The molecule has 1 aliphatic heterocycles. The molecular weight excluding hydrogens is 338 g/mol. The minimum atomic E-state index is -0.599. The number of hydrogen-bond donors (Lipinski definition) is 0. The van der Waals surface area contributed by atoms with Crippen LogP contribution in [0.25, 0.3) is 0 Å². The van der Waals surface area contributed by atoms with E-state index in [4.69, 9.17) is 0 Å². The molecule has 0 saturated carbocycles. The molecule has 4 nitrogen and oxygen atoms in total. The van der Waals surface area contributed by atoms with Gasteiger partial charge in [0, 0.05) is 32.2 Å². The van der Waals surface area contributed by atoms with Crippen LogP contribution in [-0.2, 0) is 27.2 Å². The van der Waals surface area contributed by atoms with Crippen molar-refractivity contribution in [3.63, 3.8) is 0 Å². The maximum absolute atomic E-state index is 12.8. The summed E-state index contributed by atoms with van der Waals surface area (Å²) in [7, 11) is 0. The predicted molar refractivity (Wildman–Crippen MR) is 104 cm³/mol. The number of hydrogen-bond acceptors (Lipinski definition) is 3. The smallest absolute Gasteiger partial charge is 0.223 e. The second kappa shape index (κ2) is 9.26. The number of aryl methyl sites for hydroxylation is 2. The standard InChI is InChI=1S/C23H25NO3/c25-20-15-16-24(23(27)14-12-19-9-5-2-6-10-19)21(17-20)22(26)13-11-18-7-3-1-4-8-18/h1-10,21H,11-17H2. The maximum atomic E-state index is 12.8. The minimum absolute atomic E-state index is 0.0139. The quantitative estimate of drug-likeness (QED) is 0.758. The fraction of sp³-hybridized carbons (Fsp3) is 0.348. The topological polar surface area (TPSA) is 54.5 Å². The number of rotatable bonds is 7. The summed E-state index contributed by atoms with van der Waals surface area (Å²) in [5.41, 5.74) is 2.20. The van der Waals surface area contributed by atoms with Crippen molar-refractivity contribution in [2.24, 2.45) is 0 Å². The summed E-state index contributed by atoms with van der Waals surface area (Å²) in [4.78, 5) is 39.0. The molecule has 1 fully saturated rings. The van der Waals surface area contributed by atoms with Crippen molar-refractivity contribution in [1.82, 2.24) is 4.90 Å². The van der Waals surface area contributed by atoms with Gasteiger partial charge < -0.3 is 4.90 Å². The van der Waals surface area contributed by atoms with E-state index in [0.29, 0.717) is 38.6 Å². The highest BCUT2D eigenvalue weighted by molar-refractivity contribution is 5.95. The van der Waals surface area contributed by atoms with Crippen molar-refractivity contribution in [2.75, 3.05) is 6.54 Å². The monoisotopic (exact) mass is 363 g/mol. The molecule has 0 radical (unpaired) electrons. The number of carbonyl (C=O) groups is 3. The van der Waals surface area contributed by atoms with Gasteiger partial charge in [-0.05, 0) is 24.0 Å². The number of amides is 1. The van der Waals surface area contributed by atoms with E-state index in [0.717, 1.165) is 11.1 Å². The van der Waals surface area contributed by atoms with Crippen LogP contribution in [-0.4, -0.2) is 35.0 Å². The van der Waals surface area contributed by atoms with Crippen molar-refractivity contribution in [3.05, 3.63) is 71.8 Å². The Labute approximate surface area is 160 Å². The van der Waals surface area contributed by atoms with Gasteiger partial charge in [-0.25, -0.2) is 0 Å². The van der Waals surface area contributed by atoms with Gasteiger partial charge in [0.05, 0.1) is 6.04 Å². The molecule has 1 amide bonds. The van der Waals surface area contributed by atoms with Gasteiger partial charge in [-0.3, -0.25) is 14.4 Å². The van der Waals surface area contributed by atoms with E-state index in [2.05, 4.69) is 0 Å². The average Bonchev–Trinajstić information content (AvgIpc) is 2.71. The van der Waals surface area contributed by atoms with Gasteiger partial charge in [-0.2, -0.15) is 0 Å². The first-order valence-electron chi connectivity index (χ1n) is 9.55. The number of likely N-dealkylation sites (tertiary alicyclic amines) is 1. The van der Waals surface area contributed by atoms with Crippen LogP contribution in [0.1, 0.15) is 36.8 Å². The first-order valence-corrected chi connectivity index (χ1v) is 9.55. The molecule has 27 heavy (non-hydrogen) atoms. The largest absolute Gasteiger partial charge is 0.332 e. The predicted octanol–water partition coefficient (Wildman–Crippen LogP) is 3.38. The van der Waals surface area contributed by atoms with Gasteiger partial charge in [-0.1, -0.05) is 60.7 Å². The Kier molecular flexibility index (Phi) is 6.53. The molecule has 0 spiro atoms. The molecular formula is C23H25NO3. The highest BCUT2D eigenvalue weighted by Gasteiger charge is 2.34. The van der Waals surface area contributed by atoms with Gasteiger partial charge in [0.15, 0.2) is 5.78 Å². The van der Waals surface area contributed by atoms with Crippen LogP contribution >= 0.6 is 0 Å². The Morgan fingerprint density at radius 1 is 0.852 bits per heavy atom. The van der Waals surface area contributed by atoms with E-state index < -0.39 is 6.04 Å². The van der Waals surface area contributed by atoms with Crippen molar-refractivity contribution < 1.29 is 14.4 Å². The second-order valence-electron chi connectivity index (χ2n) is 7.03. The highest BCUT2D eigenvalue weighted by Crippen LogP contribution is 2.19. The SMILES string of the molecule is O=C1CCN(C(=O)CCc2ccccc2)C(C(=O)CCc2ccccc2)C1. The minimum Gasteiger partial charge on any atom is -0.332 e. The first kappa shape index (κ1) is 19.0. The van der Waals surface area contributed by atoms with Gasteiger partial charge in [0.2, 0.25) is 5.91 Å². The molecule has 1 aliphatic rings. The zero-order valence-electron chi connectivity index (χ0n) is 15.5. The molecule has 4 heteroatoms. The van der Waals surface area contributed by atoms with Crippen LogP contribution in [0.3, 0.4) is 0 Å². The number of nitrogens with zero attached hydrogens (tertiary/aromatic N) is 1. The summed E-state index contributed by atoms with van der Waals surface area (Å²) in [5, 5.41) is 0. The molecule has 0 bridgehead atoms. The fourth-order valence-corrected chi connectivity index (χ4v) is 3.53. The summed E-state index contributed by atoms with van der Waals surface area (Å²) in [5.74, 6) is 0.0181. The highest BCUT2D eigenvalue weighted by atomic mass is 16.2. The molecule has 1 atom stereocenters. The number of carbonyl (C=O) groups excluding carboxylic acids is 3. The summed E-state index contributed by atoms with van der Waals surface area (Å²) >= 11 is 0. The third-order valence-corrected chi connectivity index (χ3v) is 5.09. The van der Waals surface area contributed by atoms with Crippen LogP contribution < -0.4 is 0 Å². The summed E-state index contributed by atoms with van der Waals surface area (Å²) in [6, 6.07) is 19.1. The molecule has 2 aromatic carbocycles. The van der Waals surface area contributed by atoms with Gasteiger partial charge in [-0.15, -0.1) is 0 Å². The fourth-order valence-electron chi connectivity index (χ4n) is 3.53. The first-order chi connectivity index (χ1) is 13.1. The molecule has 0 N–H and O–H groups in total. The van der Waals surface area contributed by atoms with Gasteiger partial charge in [0.25, 0.3) is 0 Å². The Bertz CT molecular complexity index is 786. The number of Topliss-reactive ketones (excluding diaryl/α,β-unsaturated/α-hetero) is 2. The molecule has 140 valence electrons. The Morgan fingerprint density at radius 2 is 1.41 bits per heavy atom. The maximum Gasteiger partial charge on any atom is 0.223 e. The average molecular weight is 363 g/mol.